The molecule has 2 aromatic carbocycles. The molecule has 0 spiro atoms. The molecule has 1 aliphatic carbocycles. The maximum absolute atomic E-state index is 12.3. The van der Waals surface area contributed by atoms with Gasteiger partial charge in [0.1, 0.15) is 6.04 Å². The van der Waals surface area contributed by atoms with E-state index in [0.717, 1.165) is 12.0 Å². The first kappa shape index (κ1) is 15.5. The van der Waals surface area contributed by atoms with Gasteiger partial charge in [0.2, 0.25) is 5.91 Å². The number of fused-ring (bicyclic) bond motifs is 1. The Hall–Kier alpha value is -2.36. The highest BCUT2D eigenvalue weighted by Crippen LogP contribution is 2.48. The third kappa shape index (κ3) is 3.21. The second kappa shape index (κ2) is 6.03. The molecule has 0 saturated heterocycles. The highest BCUT2D eigenvalue weighted by atomic mass is 16.4. The Balaban J connectivity index is 1.70. The van der Waals surface area contributed by atoms with Gasteiger partial charge in [0.15, 0.2) is 0 Å². The zero-order chi connectivity index (χ0) is 16.6. The van der Waals surface area contributed by atoms with Gasteiger partial charge in [0.05, 0.1) is 0 Å². The van der Waals surface area contributed by atoms with E-state index in [2.05, 4.69) is 35.6 Å². The van der Waals surface area contributed by atoms with Crippen LogP contribution in [0.1, 0.15) is 31.7 Å². The molecule has 0 heterocycles. The normalized spacial score (nSPS) is 21.2. The number of nitrogens with one attached hydrogen (secondary N) is 1. The van der Waals surface area contributed by atoms with Gasteiger partial charge < -0.3 is 10.4 Å². The number of aliphatic carboxylic acids is 1. The topological polar surface area (TPSA) is 66.4 Å². The van der Waals surface area contributed by atoms with Crippen LogP contribution in [-0.2, 0) is 9.59 Å². The quantitative estimate of drug-likeness (QED) is 0.891. The molecule has 4 nitrogen and oxygen atoms in total. The Bertz CT molecular complexity index is 753. The van der Waals surface area contributed by atoms with Crippen LogP contribution in [0.25, 0.3) is 10.8 Å². The van der Waals surface area contributed by atoms with E-state index in [1.165, 1.54) is 10.8 Å². The van der Waals surface area contributed by atoms with Crippen LogP contribution in [0, 0.1) is 11.8 Å². The van der Waals surface area contributed by atoms with E-state index in [0.29, 0.717) is 0 Å². The average Bonchev–Trinajstić information content (AvgIpc) is 3.32. The van der Waals surface area contributed by atoms with Crippen LogP contribution in [0.15, 0.2) is 42.5 Å². The summed E-state index contributed by atoms with van der Waals surface area (Å²) in [4.78, 5) is 23.5. The fraction of sp³-hybridized carbons (Fsp3) is 0.368. The number of carboxylic acids is 1. The maximum atomic E-state index is 12.3. The Morgan fingerprint density at radius 1 is 1.13 bits per heavy atom. The first-order valence-electron chi connectivity index (χ1n) is 7.99. The van der Waals surface area contributed by atoms with Crippen molar-refractivity contribution in [3.63, 3.8) is 0 Å². The molecule has 3 atom stereocenters. The molecular weight excluding hydrogens is 290 g/mol. The van der Waals surface area contributed by atoms with Crippen molar-refractivity contribution in [1.29, 1.82) is 0 Å². The van der Waals surface area contributed by atoms with E-state index < -0.39 is 12.0 Å². The summed E-state index contributed by atoms with van der Waals surface area (Å²) in [6.45, 7) is 3.60. The van der Waals surface area contributed by atoms with E-state index in [4.69, 9.17) is 0 Å². The number of hydrogen-bond acceptors (Lipinski definition) is 2. The third-order valence-corrected chi connectivity index (χ3v) is 4.56. The third-order valence-electron chi connectivity index (χ3n) is 4.56. The molecule has 0 aliphatic heterocycles. The first-order valence-corrected chi connectivity index (χ1v) is 7.99. The lowest BCUT2D eigenvalue weighted by molar-refractivity contribution is -0.143. The van der Waals surface area contributed by atoms with Gasteiger partial charge in [-0.15, -0.1) is 0 Å². The molecule has 1 fully saturated rings. The highest BCUT2D eigenvalue weighted by molar-refractivity contribution is 5.88. The number of carbonyl (C=O) groups excluding carboxylic acids is 1. The van der Waals surface area contributed by atoms with Gasteiger partial charge in [-0.2, -0.15) is 0 Å². The van der Waals surface area contributed by atoms with Crippen molar-refractivity contribution in [2.24, 2.45) is 11.8 Å². The summed E-state index contributed by atoms with van der Waals surface area (Å²) in [6.07, 6.45) is 0.786. The maximum Gasteiger partial charge on any atom is 0.326 e. The number of benzene rings is 2. The summed E-state index contributed by atoms with van der Waals surface area (Å²) in [5.74, 6) is -1.17. The minimum absolute atomic E-state index is 0.114. The van der Waals surface area contributed by atoms with Gasteiger partial charge in [-0.3, -0.25) is 4.79 Å². The molecule has 1 saturated carbocycles. The van der Waals surface area contributed by atoms with Crippen LogP contribution in [-0.4, -0.2) is 23.0 Å². The predicted octanol–water partition coefficient (Wildman–Crippen LogP) is 3.17. The predicted molar refractivity (Wildman–Crippen MR) is 89.2 cm³/mol. The van der Waals surface area contributed by atoms with Crippen molar-refractivity contribution in [3.8, 4) is 0 Å². The molecule has 3 rings (SSSR count). The van der Waals surface area contributed by atoms with E-state index in [1.54, 1.807) is 13.8 Å². The summed E-state index contributed by atoms with van der Waals surface area (Å²) >= 11 is 0. The van der Waals surface area contributed by atoms with Gasteiger partial charge in [0.25, 0.3) is 0 Å². The molecule has 0 aromatic heterocycles. The molecule has 120 valence electrons. The van der Waals surface area contributed by atoms with E-state index in [1.807, 2.05) is 12.1 Å². The number of hydrogen-bond donors (Lipinski definition) is 2. The van der Waals surface area contributed by atoms with Gasteiger partial charge in [-0.1, -0.05) is 56.3 Å². The van der Waals surface area contributed by atoms with E-state index in [9.17, 15) is 14.7 Å². The van der Waals surface area contributed by atoms with Gasteiger partial charge in [-0.25, -0.2) is 4.79 Å². The van der Waals surface area contributed by atoms with Gasteiger partial charge >= 0.3 is 5.97 Å². The standard InChI is InChI=1S/C19H21NO3/c1-11(2)17(19(22)23)20-18(21)16-10-15(16)14-8-7-12-5-3-4-6-13(12)9-14/h3-9,11,15-17H,10H2,1-2H3,(H,20,21)(H,22,23)/t15?,16?,17-/m0/s1. The van der Waals surface area contributed by atoms with Crippen molar-refractivity contribution in [2.45, 2.75) is 32.2 Å². The zero-order valence-corrected chi connectivity index (χ0v) is 13.3. The Labute approximate surface area is 135 Å². The van der Waals surface area contributed by atoms with Gasteiger partial charge in [-0.05, 0) is 34.6 Å². The zero-order valence-electron chi connectivity index (χ0n) is 13.3. The molecule has 2 unspecified atom stereocenters. The van der Waals surface area contributed by atoms with Crippen molar-refractivity contribution in [2.75, 3.05) is 0 Å². The lowest BCUT2D eigenvalue weighted by Crippen LogP contribution is -2.45. The molecule has 2 aromatic rings. The fourth-order valence-electron chi connectivity index (χ4n) is 3.07. The largest absolute Gasteiger partial charge is 0.480 e. The van der Waals surface area contributed by atoms with Crippen LogP contribution in [0.2, 0.25) is 0 Å². The minimum Gasteiger partial charge on any atom is -0.480 e. The first-order chi connectivity index (χ1) is 11.0. The summed E-state index contributed by atoms with van der Waals surface area (Å²) in [5.41, 5.74) is 1.15. The summed E-state index contributed by atoms with van der Waals surface area (Å²) in [6, 6.07) is 13.6. The number of rotatable bonds is 5. The summed E-state index contributed by atoms with van der Waals surface area (Å²) < 4.78 is 0. The second-order valence-corrected chi connectivity index (χ2v) is 6.62. The van der Waals surface area contributed by atoms with Crippen molar-refractivity contribution < 1.29 is 14.7 Å². The lowest BCUT2D eigenvalue weighted by atomic mass is 10.0. The molecule has 1 amide bonds. The minimum atomic E-state index is -0.976. The van der Waals surface area contributed by atoms with Gasteiger partial charge in [0, 0.05) is 5.92 Å². The Kier molecular flexibility index (Phi) is 4.07. The average molecular weight is 311 g/mol. The Morgan fingerprint density at radius 2 is 1.83 bits per heavy atom. The molecular formula is C19H21NO3. The highest BCUT2D eigenvalue weighted by Gasteiger charge is 2.45. The molecule has 4 heteroatoms. The molecule has 0 bridgehead atoms. The molecule has 2 N–H and O–H groups in total. The molecule has 23 heavy (non-hydrogen) atoms. The van der Waals surface area contributed by atoms with E-state index in [-0.39, 0.29) is 23.7 Å². The van der Waals surface area contributed by atoms with Crippen LogP contribution in [0.4, 0.5) is 0 Å². The van der Waals surface area contributed by atoms with Crippen LogP contribution < -0.4 is 5.32 Å². The Morgan fingerprint density at radius 3 is 2.48 bits per heavy atom. The number of carbonyl (C=O) groups is 2. The van der Waals surface area contributed by atoms with Crippen LogP contribution >= 0.6 is 0 Å². The summed E-state index contributed by atoms with van der Waals surface area (Å²) in [7, 11) is 0. The van der Waals surface area contributed by atoms with Crippen molar-refractivity contribution >= 4 is 22.6 Å². The van der Waals surface area contributed by atoms with Crippen LogP contribution in [0.3, 0.4) is 0 Å². The molecule has 0 radical (unpaired) electrons. The second-order valence-electron chi connectivity index (χ2n) is 6.62. The summed E-state index contributed by atoms with van der Waals surface area (Å²) in [5, 5.41) is 14.2. The van der Waals surface area contributed by atoms with Crippen molar-refractivity contribution in [3.05, 3.63) is 48.0 Å². The molecule has 1 aliphatic rings. The van der Waals surface area contributed by atoms with E-state index >= 15 is 0 Å². The number of amides is 1. The SMILES string of the molecule is CC(C)[C@H](NC(=O)C1CC1c1ccc2ccccc2c1)C(=O)O. The van der Waals surface area contributed by atoms with Crippen LogP contribution in [0.5, 0.6) is 0 Å². The number of carboxylic acid groups (broad SMARTS) is 1. The smallest absolute Gasteiger partial charge is 0.326 e. The monoisotopic (exact) mass is 311 g/mol. The lowest BCUT2D eigenvalue weighted by Gasteiger charge is -2.17. The fourth-order valence-corrected chi connectivity index (χ4v) is 3.07. The van der Waals surface area contributed by atoms with Crippen molar-refractivity contribution in [1.82, 2.24) is 5.32 Å².